The normalized spacial score (nSPS) is 18.2. The molecule has 1 atom stereocenters. The second kappa shape index (κ2) is 7.89. The molecule has 0 aliphatic carbocycles. The molecule has 2 aromatic carbocycles. The highest BCUT2D eigenvalue weighted by Crippen LogP contribution is 2.40. The largest absolute Gasteiger partial charge is 0.507 e. The Morgan fingerprint density at radius 2 is 1.72 bits per heavy atom. The van der Waals surface area contributed by atoms with Gasteiger partial charge in [0, 0.05) is 29.5 Å². The Kier molecular flexibility index (Phi) is 5.14. The van der Waals surface area contributed by atoms with Gasteiger partial charge in [-0.2, -0.15) is 0 Å². The van der Waals surface area contributed by atoms with E-state index in [1.165, 1.54) is 4.90 Å². The molecule has 1 saturated heterocycles. The minimum absolute atomic E-state index is 0.0624. The van der Waals surface area contributed by atoms with Gasteiger partial charge in [-0.05, 0) is 41.5 Å². The number of amides is 1. The van der Waals surface area contributed by atoms with Crippen molar-refractivity contribution >= 4 is 29.1 Å². The molecule has 0 spiro atoms. The summed E-state index contributed by atoms with van der Waals surface area (Å²) in [5.74, 6) is -1.59. The molecule has 144 valence electrons. The third-order valence-corrected chi connectivity index (χ3v) is 5.10. The molecule has 6 heteroatoms. The molecule has 2 heterocycles. The molecule has 0 radical (unpaired) electrons. The molecule has 0 saturated carbocycles. The summed E-state index contributed by atoms with van der Waals surface area (Å²) in [6.45, 7) is 0.204. The van der Waals surface area contributed by atoms with Crippen LogP contribution < -0.4 is 0 Å². The van der Waals surface area contributed by atoms with E-state index in [1.54, 1.807) is 42.7 Å². The quantitative estimate of drug-likeness (QED) is 0.398. The summed E-state index contributed by atoms with van der Waals surface area (Å²) in [6, 6.07) is 18.6. The van der Waals surface area contributed by atoms with Crippen molar-refractivity contribution in [3.8, 4) is 0 Å². The van der Waals surface area contributed by atoms with Gasteiger partial charge in [0.05, 0.1) is 11.6 Å². The molecule has 1 aliphatic heterocycles. The highest BCUT2D eigenvalue weighted by Gasteiger charge is 2.46. The molecule has 29 heavy (non-hydrogen) atoms. The number of hydrogen-bond acceptors (Lipinski definition) is 4. The Morgan fingerprint density at radius 3 is 2.38 bits per heavy atom. The first kappa shape index (κ1) is 18.9. The summed E-state index contributed by atoms with van der Waals surface area (Å²) in [4.78, 5) is 31.4. The fourth-order valence-electron chi connectivity index (χ4n) is 3.48. The summed E-state index contributed by atoms with van der Waals surface area (Å²) >= 11 is 5.93. The van der Waals surface area contributed by atoms with Crippen molar-refractivity contribution in [2.75, 3.05) is 0 Å². The molecule has 0 unspecified atom stereocenters. The minimum atomic E-state index is -0.713. The van der Waals surface area contributed by atoms with Gasteiger partial charge in [-0.1, -0.05) is 48.0 Å². The number of halogens is 1. The smallest absolute Gasteiger partial charge is 0.295 e. The van der Waals surface area contributed by atoms with Gasteiger partial charge in [0.2, 0.25) is 0 Å². The van der Waals surface area contributed by atoms with E-state index in [1.807, 2.05) is 36.4 Å². The van der Waals surface area contributed by atoms with Crippen LogP contribution in [0, 0.1) is 0 Å². The summed E-state index contributed by atoms with van der Waals surface area (Å²) in [6.07, 6.45) is 3.30. The minimum Gasteiger partial charge on any atom is -0.507 e. The van der Waals surface area contributed by atoms with Gasteiger partial charge in [0.15, 0.2) is 0 Å². The zero-order valence-electron chi connectivity index (χ0n) is 15.3. The van der Waals surface area contributed by atoms with Crippen molar-refractivity contribution in [3.63, 3.8) is 0 Å². The average Bonchev–Trinajstić information content (AvgIpc) is 3.00. The van der Waals surface area contributed by atoms with E-state index < -0.39 is 17.7 Å². The second-order valence-corrected chi connectivity index (χ2v) is 7.14. The molecule has 1 amide bonds. The van der Waals surface area contributed by atoms with Crippen LogP contribution in [-0.2, 0) is 16.1 Å². The molecule has 1 fully saturated rings. The van der Waals surface area contributed by atoms with Gasteiger partial charge in [0.1, 0.15) is 5.76 Å². The molecule has 1 aliphatic rings. The van der Waals surface area contributed by atoms with Gasteiger partial charge < -0.3 is 10.0 Å². The van der Waals surface area contributed by atoms with E-state index in [0.717, 1.165) is 11.1 Å². The number of carbonyl (C=O) groups is 2. The number of carbonyl (C=O) groups excluding carboxylic acids is 2. The van der Waals surface area contributed by atoms with E-state index in [9.17, 15) is 14.7 Å². The van der Waals surface area contributed by atoms with E-state index in [0.29, 0.717) is 10.6 Å². The van der Waals surface area contributed by atoms with Crippen molar-refractivity contribution in [3.05, 3.63) is 106 Å². The molecule has 1 aromatic heterocycles. The van der Waals surface area contributed by atoms with Crippen LogP contribution in [0.25, 0.3) is 5.76 Å². The van der Waals surface area contributed by atoms with Crippen LogP contribution >= 0.6 is 11.6 Å². The van der Waals surface area contributed by atoms with Crippen LogP contribution in [0.5, 0.6) is 0 Å². The third kappa shape index (κ3) is 3.65. The predicted octanol–water partition coefficient (Wildman–Crippen LogP) is 4.36. The Balaban J connectivity index is 1.85. The first-order valence-electron chi connectivity index (χ1n) is 9.04. The Labute approximate surface area is 172 Å². The van der Waals surface area contributed by atoms with Crippen molar-refractivity contribution in [2.24, 2.45) is 0 Å². The molecule has 0 bridgehead atoms. The van der Waals surface area contributed by atoms with E-state index in [-0.39, 0.29) is 17.9 Å². The number of aliphatic hydroxyl groups is 1. The standard InChI is InChI=1S/C23H17ClN2O3/c24-18-10-8-17(9-11-18)21(27)19-20(16-6-2-1-3-7-16)26(23(29)22(19)28)14-15-5-4-12-25-13-15/h1-13,20,27H,14H2/t20-/m1/s1. The van der Waals surface area contributed by atoms with Crippen LogP contribution in [-0.4, -0.2) is 26.7 Å². The number of aromatic nitrogens is 1. The summed E-state index contributed by atoms with van der Waals surface area (Å²) in [5, 5.41) is 11.5. The van der Waals surface area contributed by atoms with Gasteiger partial charge in [-0.25, -0.2) is 0 Å². The Morgan fingerprint density at radius 1 is 1.00 bits per heavy atom. The van der Waals surface area contributed by atoms with Gasteiger partial charge in [-0.15, -0.1) is 0 Å². The van der Waals surface area contributed by atoms with Crippen molar-refractivity contribution in [1.82, 2.24) is 9.88 Å². The predicted molar refractivity (Wildman–Crippen MR) is 110 cm³/mol. The van der Waals surface area contributed by atoms with Crippen LogP contribution in [0.15, 0.2) is 84.7 Å². The van der Waals surface area contributed by atoms with Gasteiger partial charge >= 0.3 is 0 Å². The summed E-state index contributed by atoms with van der Waals surface area (Å²) in [7, 11) is 0. The number of aliphatic hydroxyl groups excluding tert-OH is 1. The lowest BCUT2D eigenvalue weighted by atomic mass is 9.95. The number of rotatable bonds is 4. The first-order valence-corrected chi connectivity index (χ1v) is 9.42. The van der Waals surface area contributed by atoms with Gasteiger partial charge in [-0.3, -0.25) is 14.6 Å². The topological polar surface area (TPSA) is 70.5 Å². The average molecular weight is 405 g/mol. The lowest BCUT2D eigenvalue weighted by Crippen LogP contribution is -2.29. The maximum Gasteiger partial charge on any atom is 0.295 e. The van der Waals surface area contributed by atoms with Crippen LogP contribution in [0.3, 0.4) is 0 Å². The molecule has 4 rings (SSSR count). The number of pyridine rings is 1. The molecule has 3 aromatic rings. The number of benzene rings is 2. The molecular weight excluding hydrogens is 388 g/mol. The lowest BCUT2D eigenvalue weighted by Gasteiger charge is -2.25. The highest BCUT2D eigenvalue weighted by atomic mass is 35.5. The van der Waals surface area contributed by atoms with Crippen molar-refractivity contribution in [1.29, 1.82) is 0 Å². The SMILES string of the molecule is O=C1C(=O)N(Cc2cccnc2)[C@H](c2ccccc2)C1=C(O)c1ccc(Cl)cc1. The number of likely N-dealkylation sites (tertiary alicyclic amines) is 1. The summed E-state index contributed by atoms with van der Waals surface area (Å²) in [5.41, 5.74) is 2.02. The zero-order chi connectivity index (χ0) is 20.4. The second-order valence-electron chi connectivity index (χ2n) is 6.71. The third-order valence-electron chi connectivity index (χ3n) is 4.85. The number of hydrogen-bond donors (Lipinski definition) is 1. The maximum absolute atomic E-state index is 12.9. The van der Waals surface area contributed by atoms with Crippen molar-refractivity contribution < 1.29 is 14.7 Å². The fraction of sp³-hybridized carbons (Fsp3) is 0.0870. The van der Waals surface area contributed by atoms with Crippen molar-refractivity contribution in [2.45, 2.75) is 12.6 Å². The van der Waals surface area contributed by atoms with Crippen LogP contribution in [0.1, 0.15) is 22.7 Å². The Bertz CT molecular complexity index is 1080. The highest BCUT2D eigenvalue weighted by molar-refractivity contribution is 6.46. The Hall–Kier alpha value is -3.44. The monoisotopic (exact) mass is 404 g/mol. The molecular formula is C23H17ClN2O3. The zero-order valence-corrected chi connectivity index (χ0v) is 16.1. The number of ketones is 1. The van der Waals surface area contributed by atoms with Crippen LogP contribution in [0.4, 0.5) is 0 Å². The van der Waals surface area contributed by atoms with E-state index >= 15 is 0 Å². The number of Topliss-reactive ketones (excluding diaryl/α,β-unsaturated/α-hetero) is 1. The molecule has 5 nitrogen and oxygen atoms in total. The molecule has 1 N–H and O–H groups in total. The van der Waals surface area contributed by atoms with Crippen LogP contribution in [0.2, 0.25) is 5.02 Å². The summed E-state index contributed by atoms with van der Waals surface area (Å²) < 4.78 is 0. The first-order chi connectivity index (χ1) is 14.1. The fourth-order valence-corrected chi connectivity index (χ4v) is 3.60. The van der Waals surface area contributed by atoms with E-state index in [4.69, 9.17) is 11.6 Å². The van der Waals surface area contributed by atoms with E-state index in [2.05, 4.69) is 4.98 Å². The number of nitrogens with zero attached hydrogens (tertiary/aromatic N) is 2. The maximum atomic E-state index is 12.9. The van der Waals surface area contributed by atoms with Gasteiger partial charge in [0.25, 0.3) is 11.7 Å². The lowest BCUT2D eigenvalue weighted by molar-refractivity contribution is -0.140.